The van der Waals surface area contributed by atoms with Crippen molar-refractivity contribution in [1.82, 2.24) is 14.5 Å². The number of carbonyl (C=O) groups excluding carboxylic acids is 2. The van der Waals surface area contributed by atoms with E-state index in [4.69, 9.17) is 0 Å². The predicted octanol–water partition coefficient (Wildman–Crippen LogP) is 3.04. The first-order valence-electron chi connectivity index (χ1n) is 8.91. The first-order valence-corrected chi connectivity index (χ1v) is 8.91. The molecule has 3 N–H and O–H groups in total. The van der Waals surface area contributed by atoms with Crippen LogP contribution in [0, 0.1) is 0 Å². The minimum absolute atomic E-state index is 0.00944. The summed E-state index contributed by atoms with van der Waals surface area (Å²) >= 11 is 0. The Balaban J connectivity index is 1.65. The monoisotopic (exact) mass is 367 g/mol. The van der Waals surface area contributed by atoms with E-state index in [1.54, 1.807) is 6.07 Å². The predicted molar refractivity (Wildman–Crippen MR) is 108 cm³/mol. The molecule has 0 radical (unpaired) electrons. The van der Waals surface area contributed by atoms with Gasteiger partial charge in [0.2, 0.25) is 5.91 Å². The summed E-state index contributed by atoms with van der Waals surface area (Å²) in [5.41, 5.74) is 2.74. The molecule has 7 nitrogen and oxygen atoms in total. The topological polar surface area (TPSA) is 82.2 Å². The molecule has 0 aliphatic rings. The van der Waals surface area contributed by atoms with Gasteiger partial charge in [-0.15, -0.1) is 0 Å². The van der Waals surface area contributed by atoms with Gasteiger partial charge in [0.1, 0.15) is 5.69 Å². The van der Waals surface area contributed by atoms with Gasteiger partial charge in [0.15, 0.2) is 0 Å². The summed E-state index contributed by atoms with van der Waals surface area (Å²) in [6.45, 7) is 0.878. The number of carbonyl (C=O) groups is 2. The molecule has 142 valence electrons. The van der Waals surface area contributed by atoms with E-state index < -0.39 is 0 Å². The second-order valence-corrected chi connectivity index (χ2v) is 6.96. The Morgan fingerprint density at radius 1 is 1.11 bits per heavy atom. The average Bonchev–Trinajstić information content (AvgIpc) is 3.20. The van der Waals surface area contributed by atoms with Gasteiger partial charge >= 0.3 is 0 Å². The Hall–Kier alpha value is -3.06. The number of rotatable bonds is 7. The highest BCUT2D eigenvalue weighted by molar-refractivity contribution is 6.06. The van der Waals surface area contributed by atoms with E-state index in [9.17, 15) is 9.59 Å². The molecule has 0 spiro atoms. The van der Waals surface area contributed by atoms with Crippen LogP contribution >= 0.6 is 0 Å². The second kappa shape index (κ2) is 8.09. The Bertz CT molecular complexity index is 954. The molecule has 2 heterocycles. The van der Waals surface area contributed by atoms with Crippen molar-refractivity contribution in [3.05, 3.63) is 48.4 Å². The molecule has 0 saturated heterocycles. The fourth-order valence-corrected chi connectivity index (χ4v) is 2.88. The van der Waals surface area contributed by atoms with Crippen molar-refractivity contribution in [2.75, 3.05) is 31.3 Å². The van der Waals surface area contributed by atoms with E-state index in [0.29, 0.717) is 17.8 Å². The highest BCUT2D eigenvalue weighted by atomic mass is 16.2. The number of amides is 2. The van der Waals surface area contributed by atoms with E-state index in [1.807, 2.05) is 62.4 Å². The van der Waals surface area contributed by atoms with Gasteiger partial charge in [-0.1, -0.05) is 6.07 Å². The van der Waals surface area contributed by atoms with E-state index >= 15 is 0 Å². The molecule has 27 heavy (non-hydrogen) atoms. The maximum Gasteiger partial charge on any atom is 0.272 e. The van der Waals surface area contributed by atoms with Gasteiger partial charge in [-0.25, -0.2) is 0 Å². The van der Waals surface area contributed by atoms with Crippen molar-refractivity contribution in [3.8, 4) is 0 Å². The highest BCUT2D eigenvalue weighted by Crippen LogP contribution is 2.21. The smallest absolute Gasteiger partial charge is 0.272 e. The largest absolute Gasteiger partial charge is 0.355 e. The highest BCUT2D eigenvalue weighted by Gasteiger charge is 2.11. The van der Waals surface area contributed by atoms with Crippen LogP contribution in [0.4, 0.5) is 11.4 Å². The molecule has 0 saturated carbocycles. The van der Waals surface area contributed by atoms with Gasteiger partial charge in [0.05, 0.1) is 5.69 Å². The number of nitrogens with zero attached hydrogens (tertiary/aromatic N) is 2. The number of hydrogen-bond donors (Lipinski definition) is 3. The lowest BCUT2D eigenvalue weighted by molar-refractivity contribution is -0.116. The van der Waals surface area contributed by atoms with Crippen molar-refractivity contribution in [1.29, 1.82) is 0 Å². The van der Waals surface area contributed by atoms with Gasteiger partial charge in [0.25, 0.3) is 5.91 Å². The van der Waals surface area contributed by atoms with Gasteiger partial charge < -0.3 is 25.1 Å². The molecule has 0 bridgehead atoms. The number of aromatic nitrogens is 2. The molecule has 2 aromatic heterocycles. The Kier molecular flexibility index (Phi) is 5.61. The normalized spacial score (nSPS) is 11.1. The van der Waals surface area contributed by atoms with E-state index in [1.165, 1.54) is 0 Å². The number of aryl methyl sites for hydroxylation is 1. The third-order valence-electron chi connectivity index (χ3n) is 4.25. The number of aromatic amines is 1. The first-order chi connectivity index (χ1) is 12.9. The lowest BCUT2D eigenvalue weighted by atomic mass is 10.2. The molecule has 2 amide bonds. The molecular weight excluding hydrogens is 342 g/mol. The second-order valence-electron chi connectivity index (χ2n) is 6.96. The standard InChI is InChI=1S/C20H25N5O2/c1-24(2)9-4-5-19(26)21-15-7-6-14-11-18(23-17(14)12-15)20(27)22-16-8-10-25(3)13-16/h6-8,10-13,23H,4-5,9H2,1-3H3,(H,21,26)(H,22,27). The zero-order valence-corrected chi connectivity index (χ0v) is 15.9. The SMILES string of the molecule is CN(C)CCCC(=O)Nc1ccc2cc(C(=O)Nc3ccn(C)c3)[nH]c2c1. The lowest BCUT2D eigenvalue weighted by Gasteiger charge is -2.09. The summed E-state index contributed by atoms with van der Waals surface area (Å²) in [7, 11) is 5.88. The maximum atomic E-state index is 12.4. The lowest BCUT2D eigenvalue weighted by Crippen LogP contribution is -2.17. The molecular formula is C20H25N5O2. The van der Waals surface area contributed by atoms with Crippen LogP contribution in [0.2, 0.25) is 0 Å². The number of fused-ring (bicyclic) bond motifs is 1. The number of H-pyrrole nitrogens is 1. The van der Waals surface area contributed by atoms with Crippen LogP contribution in [0.1, 0.15) is 23.3 Å². The van der Waals surface area contributed by atoms with Crippen LogP contribution in [-0.2, 0) is 11.8 Å². The van der Waals surface area contributed by atoms with Crippen LogP contribution in [0.15, 0.2) is 42.7 Å². The molecule has 0 atom stereocenters. The Morgan fingerprint density at radius 3 is 2.63 bits per heavy atom. The Morgan fingerprint density at radius 2 is 1.93 bits per heavy atom. The van der Waals surface area contributed by atoms with Crippen molar-refractivity contribution in [3.63, 3.8) is 0 Å². The third-order valence-corrected chi connectivity index (χ3v) is 4.25. The molecule has 0 aliphatic carbocycles. The number of hydrogen-bond acceptors (Lipinski definition) is 3. The summed E-state index contributed by atoms with van der Waals surface area (Å²) < 4.78 is 1.87. The first kappa shape index (κ1) is 18.7. The average molecular weight is 367 g/mol. The third kappa shape index (κ3) is 4.98. The zero-order valence-electron chi connectivity index (χ0n) is 15.9. The Labute approximate surface area is 158 Å². The van der Waals surface area contributed by atoms with Gasteiger partial charge in [-0.3, -0.25) is 9.59 Å². The minimum atomic E-state index is -0.202. The molecule has 0 aliphatic heterocycles. The van der Waals surface area contributed by atoms with Crippen LogP contribution in [0.25, 0.3) is 10.9 Å². The number of benzene rings is 1. The fraction of sp³-hybridized carbons (Fsp3) is 0.300. The molecule has 1 aromatic carbocycles. The summed E-state index contributed by atoms with van der Waals surface area (Å²) in [4.78, 5) is 29.6. The number of nitrogens with one attached hydrogen (secondary N) is 3. The van der Waals surface area contributed by atoms with Crippen molar-refractivity contribution in [2.45, 2.75) is 12.8 Å². The van der Waals surface area contributed by atoms with Crippen molar-refractivity contribution < 1.29 is 9.59 Å². The van der Waals surface area contributed by atoms with Crippen LogP contribution in [-0.4, -0.2) is 46.9 Å². The van der Waals surface area contributed by atoms with Crippen LogP contribution < -0.4 is 10.6 Å². The quantitative estimate of drug-likeness (QED) is 0.600. The molecule has 0 unspecified atom stereocenters. The summed E-state index contributed by atoms with van der Waals surface area (Å²) in [5.74, 6) is -0.212. The van der Waals surface area contributed by atoms with Gasteiger partial charge in [0, 0.05) is 42.5 Å². The minimum Gasteiger partial charge on any atom is -0.355 e. The van der Waals surface area contributed by atoms with Crippen LogP contribution in [0.5, 0.6) is 0 Å². The van der Waals surface area contributed by atoms with E-state index in [-0.39, 0.29) is 11.8 Å². The van der Waals surface area contributed by atoms with Crippen molar-refractivity contribution >= 4 is 34.1 Å². The zero-order chi connectivity index (χ0) is 19.4. The summed E-state index contributed by atoms with van der Waals surface area (Å²) in [5, 5.41) is 6.68. The maximum absolute atomic E-state index is 12.4. The van der Waals surface area contributed by atoms with Gasteiger partial charge in [-0.2, -0.15) is 0 Å². The van der Waals surface area contributed by atoms with Crippen molar-refractivity contribution in [2.24, 2.45) is 7.05 Å². The molecule has 0 fully saturated rings. The van der Waals surface area contributed by atoms with E-state index in [2.05, 4.69) is 20.5 Å². The molecule has 3 aromatic rings. The number of anilines is 2. The van der Waals surface area contributed by atoms with Crippen LogP contribution in [0.3, 0.4) is 0 Å². The summed E-state index contributed by atoms with van der Waals surface area (Å²) in [6.07, 6.45) is 5.00. The molecule has 3 rings (SSSR count). The fourth-order valence-electron chi connectivity index (χ4n) is 2.88. The van der Waals surface area contributed by atoms with Gasteiger partial charge in [-0.05, 0) is 51.3 Å². The molecule has 7 heteroatoms. The summed E-state index contributed by atoms with van der Waals surface area (Å²) in [6, 6.07) is 9.22. The van der Waals surface area contributed by atoms with E-state index in [0.717, 1.165) is 29.6 Å².